The number of halogens is 1. The number of carbonyl (C=O) groups is 1. The molecule has 1 aromatic carbocycles. The van der Waals surface area contributed by atoms with E-state index in [1.54, 1.807) is 14.0 Å². The summed E-state index contributed by atoms with van der Waals surface area (Å²) in [4.78, 5) is 13.2. The highest BCUT2D eigenvalue weighted by atomic mass is 35.5. The molecule has 0 spiro atoms. The number of rotatable bonds is 2. The van der Waals surface area contributed by atoms with Crippen LogP contribution in [0.3, 0.4) is 0 Å². The second-order valence-electron chi connectivity index (χ2n) is 4.77. The van der Waals surface area contributed by atoms with Gasteiger partial charge in [0.15, 0.2) is 0 Å². The van der Waals surface area contributed by atoms with E-state index in [2.05, 4.69) is 0 Å². The van der Waals surface area contributed by atoms with Gasteiger partial charge in [-0.25, -0.2) is 8.42 Å². The second kappa shape index (κ2) is 5.23. The lowest BCUT2D eigenvalue weighted by Gasteiger charge is -2.31. The molecular weight excluding hydrogens is 302 g/mol. The monoisotopic (exact) mass is 317 g/mol. The molecule has 1 aromatic rings. The first kappa shape index (κ1) is 15.1. The fourth-order valence-electron chi connectivity index (χ4n) is 1.91. The zero-order valence-electron chi connectivity index (χ0n) is 11.3. The van der Waals surface area contributed by atoms with Gasteiger partial charge < -0.3 is 10.6 Å². The molecule has 0 atom stereocenters. The maximum absolute atomic E-state index is 12.5. The molecule has 6 nitrogen and oxygen atoms in total. The highest BCUT2D eigenvalue weighted by Gasteiger charge is 2.31. The molecule has 1 fully saturated rings. The van der Waals surface area contributed by atoms with E-state index in [9.17, 15) is 13.2 Å². The molecule has 0 aromatic heterocycles. The SMILES string of the molecule is Cc1c(N)cc(S(=O)(=O)N2CCN(C)C(=O)C2)cc1Cl. The van der Waals surface area contributed by atoms with Gasteiger partial charge in [-0.15, -0.1) is 0 Å². The van der Waals surface area contributed by atoms with Crippen LogP contribution in [0.4, 0.5) is 5.69 Å². The third-order valence-electron chi connectivity index (χ3n) is 3.42. The van der Waals surface area contributed by atoms with Crippen molar-refractivity contribution >= 4 is 33.2 Å². The molecular formula is C12H16ClN3O3S. The van der Waals surface area contributed by atoms with Crippen LogP contribution in [0.15, 0.2) is 17.0 Å². The molecule has 0 saturated carbocycles. The molecule has 2 rings (SSSR count). The number of amides is 1. The smallest absolute Gasteiger partial charge is 0.243 e. The zero-order chi connectivity index (χ0) is 15.1. The Hall–Kier alpha value is -1.31. The Bertz CT molecular complexity index is 637. The van der Waals surface area contributed by atoms with Crippen molar-refractivity contribution in [3.8, 4) is 0 Å². The number of nitrogens with zero attached hydrogens (tertiary/aromatic N) is 2. The van der Waals surface area contributed by atoms with Crippen LogP contribution in [-0.4, -0.2) is 50.2 Å². The van der Waals surface area contributed by atoms with Crippen molar-refractivity contribution in [2.45, 2.75) is 11.8 Å². The maximum Gasteiger partial charge on any atom is 0.243 e. The molecule has 0 bridgehead atoms. The number of piperazine rings is 1. The molecule has 1 saturated heterocycles. The molecule has 1 heterocycles. The quantitative estimate of drug-likeness (QED) is 0.814. The number of hydrogen-bond donors (Lipinski definition) is 1. The van der Waals surface area contributed by atoms with Crippen LogP contribution in [0.5, 0.6) is 0 Å². The lowest BCUT2D eigenvalue weighted by molar-refractivity contribution is -0.132. The minimum absolute atomic E-state index is 0.0166. The molecule has 110 valence electrons. The molecule has 0 radical (unpaired) electrons. The Morgan fingerprint density at radius 1 is 1.30 bits per heavy atom. The predicted molar refractivity (Wildman–Crippen MR) is 77.0 cm³/mol. The van der Waals surface area contributed by atoms with Crippen molar-refractivity contribution in [2.75, 3.05) is 32.4 Å². The first-order valence-corrected chi connectivity index (χ1v) is 7.85. The van der Waals surface area contributed by atoms with Crippen molar-refractivity contribution in [1.29, 1.82) is 0 Å². The van der Waals surface area contributed by atoms with Crippen molar-refractivity contribution < 1.29 is 13.2 Å². The van der Waals surface area contributed by atoms with Crippen molar-refractivity contribution in [3.63, 3.8) is 0 Å². The number of nitrogen functional groups attached to an aromatic ring is 1. The normalized spacial score (nSPS) is 17.6. The second-order valence-corrected chi connectivity index (χ2v) is 7.12. The van der Waals surface area contributed by atoms with Gasteiger partial charge >= 0.3 is 0 Å². The Balaban J connectivity index is 2.38. The lowest BCUT2D eigenvalue weighted by Crippen LogP contribution is -2.50. The molecule has 2 N–H and O–H groups in total. The Morgan fingerprint density at radius 3 is 2.50 bits per heavy atom. The fraction of sp³-hybridized carbons (Fsp3) is 0.417. The van der Waals surface area contributed by atoms with Gasteiger partial charge in [-0.05, 0) is 24.6 Å². The first-order chi connectivity index (χ1) is 9.23. The average Bonchev–Trinajstić information content (AvgIpc) is 2.38. The minimum Gasteiger partial charge on any atom is -0.398 e. The van der Waals surface area contributed by atoms with E-state index in [4.69, 9.17) is 17.3 Å². The van der Waals surface area contributed by atoms with Crippen LogP contribution in [0, 0.1) is 6.92 Å². The molecule has 0 aliphatic carbocycles. The van der Waals surface area contributed by atoms with Crippen LogP contribution < -0.4 is 5.73 Å². The summed E-state index contributed by atoms with van der Waals surface area (Å²) in [5, 5.41) is 0.295. The summed E-state index contributed by atoms with van der Waals surface area (Å²) in [5.74, 6) is -0.231. The summed E-state index contributed by atoms with van der Waals surface area (Å²) >= 11 is 5.98. The summed E-state index contributed by atoms with van der Waals surface area (Å²) in [6.45, 7) is 2.18. The highest BCUT2D eigenvalue weighted by Crippen LogP contribution is 2.28. The molecule has 0 unspecified atom stereocenters. The number of nitrogens with two attached hydrogens (primary N) is 1. The van der Waals surface area contributed by atoms with Crippen LogP contribution in [0.25, 0.3) is 0 Å². The van der Waals surface area contributed by atoms with E-state index in [1.807, 2.05) is 0 Å². The van der Waals surface area contributed by atoms with Gasteiger partial charge in [0.25, 0.3) is 0 Å². The van der Waals surface area contributed by atoms with E-state index in [-0.39, 0.29) is 23.9 Å². The van der Waals surface area contributed by atoms with Crippen LogP contribution in [0.2, 0.25) is 5.02 Å². The zero-order valence-corrected chi connectivity index (χ0v) is 12.8. The summed E-state index contributed by atoms with van der Waals surface area (Å²) in [6.07, 6.45) is 0. The van der Waals surface area contributed by atoms with E-state index in [0.29, 0.717) is 22.8 Å². The number of sulfonamides is 1. The van der Waals surface area contributed by atoms with Gasteiger partial charge in [-0.3, -0.25) is 4.79 Å². The molecule has 8 heteroatoms. The highest BCUT2D eigenvalue weighted by molar-refractivity contribution is 7.89. The van der Waals surface area contributed by atoms with E-state index in [0.717, 1.165) is 4.31 Å². The molecule has 1 amide bonds. The molecule has 1 aliphatic rings. The van der Waals surface area contributed by atoms with Gasteiger partial charge in [-0.2, -0.15) is 4.31 Å². The average molecular weight is 318 g/mol. The van der Waals surface area contributed by atoms with Crippen molar-refractivity contribution in [1.82, 2.24) is 9.21 Å². The van der Waals surface area contributed by atoms with E-state index >= 15 is 0 Å². The van der Waals surface area contributed by atoms with Gasteiger partial charge in [0.2, 0.25) is 15.9 Å². The van der Waals surface area contributed by atoms with Crippen LogP contribution in [-0.2, 0) is 14.8 Å². The van der Waals surface area contributed by atoms with Crippen LogP contribution in [0.1, 0.15) is 5.56 Å². The Labute approximate surface area is 123 Å². The lowest BCUT2D eigenvalue weighted by atomic mass is 10.2. The predicted octanol–water partition coefficient (Wildman–Crippen LogP) is 0.693. The van der Waals surface area contributed by atoms with E-state index in [1.165, 1.54) is 17.0 Å². The number of hydrogen-bond acceptors (Lipinski definition) is 4. The third kappa shape index (κ3) is 2.61. The summed E-state index contributed by atoms with van der Waals surface area (Å²) < 4.78 is 26.1. The summed E-state index contributed by atoms with van der Waals surface area (Å²) in [7, 11) is -2.11. The standard InChI is InChI=1S/C12H16ClN3O3S/c1-8-10(13)5-9(6-11(8)14)20(18,19)16-4-3-15(2)12(17)7-16/h5-6H,3-4,7,14H2,1-2H3. The van der Waals surface area contributed by atoms with Crippen molar-refractivity contribution in [2.24, 2.45) is 0 Å². The van der Waals surface area contributed by atoms with Crippen LogP contribution >= 0.6 is 11.6 Å². The van der Waals surface area contributed by atoms with E-state index < -0.39 is 10.0 Å². The first-order valence-electron chi connectivity index (χ1n) is 6.03. The number of likely N-dealkylation sites (N-methyl/N-ethyl adjacent to an activating group) is 1. The van der Waals surface area contributed by atoms with Gasteiger partial charge in [0.1, 0.15) is 0 Å². The minimum atomic E-state index is -3.76. The summed E-state index contributed by atoms with van der Waals surface area (Å²) in [6, 6.07) is 2.74. The largest absolute Gasteiger partial charge is 0.398 e. The van der Waals surface area contributed by atoms with Gasteiger partial charge in [0.05, 0.1) is 11.4 Å². The van der Waals surface area contributed by atoms with Gasteiger partial charge in [-0.1, -0.05) is 11.6 Å². The molecule has 20 heavy (non-hydrogen) atoms. The number of anilines is 1. The fourth-order valence-corrected chi connectivity index (χ4v) is 3.65. The third-order valence-corrected chi connectivity index (χ3v) is 5.63. The Morgan fingerprint density at radius 2 is 1.95 bits per heavy atom. The maximum atomic E-state index is 12.5. The molecule has 1 aliphatic heterocycles. The summed E-state index contributed by atoms with van der Waals surface area (Å²) in [5.41, 5.74) is 6.71. The Kier molecular flexibility index (Phi) is 3.95. The van der Waals surface area contributed by atoms with Gasteiger partial charge in [0, 0.05) is 30.8 Å². The number of carbonyl (C=O) groups excluding carboxylic acids is 1. The number of benzene rings is 1. The topological polar surface area (TPSA) is 83.7 Å². The van der Waals surface area contributed by atoms with Crippen molar-refractivity contribution in [3.05, 3.63) is 22.7 Å².